The Morgan fingerprint density at radius 2 is 1.81 bits per heavy atom. The third-order valence-electron chi connectivity index (χ3n) is 2.76. The second-order valence-electron chi connectivity index (χ2n) is 5.07. The highest BCUT2D eigenvalue weighted by Crippen LogP contribution is 2.42. The van der Waals surface area contributed by atoms with Crippen molar-refractivity contribution in [1.29, 1.82) is 0 Å². The maximum absolute atomic E-state index is 6.24. The molecule has 1 aliphatic heterocycles. The zero-order valence-electron chi connectivity index (χ0n) is 9.71. The predicted molar refractivity (Wildman–Crippen MR) is 66.6 cm³/mol. The highest BCUT2D eigenvalue weighted by Gasteiger charge is 2.26. The molecule has 0 aliphatic carbocycles. The maximum Gasteiger partial charge on any atom is 0.231 e. The second-order valence-corrected chi connectivity index (χ2v) is 5.93. The van der Waals surface area contributed by atoms with Gasteiger partial charge in [-0.05, 0) is 23.1 Å². The number of fused-ring (bicyclic) bond motifs is 1. The molecule has 0 amide bonds. The van der Waals surface area contributed by atoms with Crippen LogP contribution in [0.25, 0.3) is 0 Å². The van der Waals surface area contributed by atoms with Crippen LogP contribution < -0.4 is 15.2 Å². The highest BCUT2D eigenvalue weighted by molar-refractivity contribution is 9.10. The summed E-state index contributed by atoms with van der Waals surface area (Å²) in [5, 5.41) is 0. The topological polar surface area (TPSA) is 44.5 Å². The summed E-state index contributed by atoms with van der Waals surface area (Å²) in [6.07, 6.45) is 0. The SMILES string of the molecule is CC(C)(C)[C@@H](N)c1cc2c(cc1Br)OCO2. The van der Waals surface area contributed by atoms with E-state index in [1.165, 1.54) is 0 Å². The highest BCUT2D eigenvalue weighted by atomic mass is 79.9. The second kappa shape index (κ2) is 3.93. The molecule has 2 N–H and O–H groups in total. The van der Waals surface area contributed by atoms with Crippen molar-refractivity contribution in [3.05, 3.63) is 22.2 Å². The van der Waals surface area contributed by atoms with E-state index >= 15 is 0 Å². The van der Waals surface area contributed by atoms with Crippen molar-refractivity contribution < 1.29 is 9.47 Å². The predicted octanol–water partition coefficient (Wildman–Crippen LogP) is 3.22. The molecule has 1 aliphatic rings. The van der Waals surface area contributed by atoms with Crippen molar-refractivity contribution in [2.45, 2.75) is 26.8 Å². The smallest absolute Gasteiger partial charge is 0.231 e. The van der Waals surface area contributed by atoms with Crippen molar-refractivity contribution in [3.8, 4) is 11.5 Å². The molecule has 0 fully saturated rings. The average Bonchev–Trinajstić information content (AvgIpc) is 2.60. The fourth-order valence-corrected chi connectivity index (χ4v) is 2.21. The first kappa shape index (κ1) is 11.7. The van der Waals surface area contributed by atoms with Gasteiger partial charge in [0.2, 0.25) is 6.79 Å². The van der Waals surface area contributed by atoms with E-state index in [0.717, 1.165) is 21.5 Å². The van der Waals surface area contributed by atoms with Crippen LogP contribution in [0.15, 0.2) is 16.6 Å². The summed E-state index contributed by atoms with van der Waals surface area (Å²) in [7, 11) is 0. The molecule has 0 saturated carbocycles. The summed E-state index contributed by atoms with van der Waals surface area (Å²) in [5.74, 6) is 1.55. The molecule has 0 aromatic heterocycles. The first-order valence-electron chi connectivity index (χ1n) is 5.24. The molecule has 0 radical (unpaired) electrons. The monoisotopic (exact) mass is 285 g/mol. The molecule has 88 valence electrons. The first-order chi connectivity index (χ1) is 7.39. The van der Waals surface area contributed by atoms with Gasteiger partial charge in [-0.25, -0.2) is 0 Å². The van der Waals surface area contributed by atoms with Gasteiger partial charge in [-0.2, -0.15) is 0 Å². The lowest BCUT2D eigenvalue weighted by Gasteiger charge is -2.28. The van der Waals surface area contributed by atoms with Gasteiger partial charge in [0.05, 0.1) is 0 Å². The Morgan fingerprint density at radius 1 is 1.25 bits per heavy atom. The van der Waals surface area contributed by atoms with E-state index < -0.39 is 0 Å². The van der Waals surface area contributed by atoms with E-state index in [2.05, 4.69) is 36.7 Å². The molecule has 1 aromatic rings. The summed E-state index contributed by atoms with van der Waals surface area (Å²) in [5.41, 5.74) is 7.30. The minimum atomic E-state index is -0.0450. The lowest BCUT2D eigenvalue weighted by molar-refractivity contribution is 0.174. The molecule has 2 rings (SSSR count). The fraction of sp³-hybridized carbons (Fsp3) is 0.500. The van der Waals surface area contributed by atoms with E-state index in [1.54, 1.807) is 0 Å². The standard InChI is InChI=1S/C12H16BrNO2/c1-12(2,3)11(14)7-4-9-10(5-8(7)13)16-6-15-9/h4-5,11H,6,14H2,1-3H3/t11-/m0/s1. The lowest BCUT2D eigenvalue weighted by Crippen LogP contribution is -2.26. The molecule has 1 aromatic carbocycles. The summed E-state index contributed by atoms with van der Waals surface area (Å²) in [4.78, 5) is 0. The zero-order chi connectivity index (χ0) is 11.9. The van der Waals surface area contributed by atoms with Crippen LogP contribution in [0.1, 0.15) is 32.4 Å². The van der Waals surface area contributed by atoms with Crippen molar-refractivity contribution in [2.75, 3.05) is 6.79 Å². The molecule has 0 unspecified atom stereocenters. The van der Waals surface area contributed by atoms with Crippen molar-refractivity contribution in [1.82, 2.24) is 0 Å². The summed E-state index contributed by atoms with van der Waals surface area (Å²) < 4.78 is 11.6. The van der Waals surface area contributed by atoms with E-state index in [4.69, 9.17) is 15.2 Å². The molecule has 0 bridgehead atoms. The number of hydrogen-bond acceptors (Lipinski definition) is 3. The van der Waals surface area contributed by atoms with Crippen molar-refractivity contribution >= 4 is 15.9 Å². The quantitative estimate of drug-likeness (QED) is 0.862. The molecule has 1 atom stereocenters. The molecule has 3 nitrogen and oxygen atoms in total. The molecule has 4 heteroatoms. The normalized spacial score (nSPS) is 16.3. The van der Waals surface area contributed by atoms with Crippen LogP contribution >= 0.6 is 15.9 Å². The van der Waals surface area contributed by atoms with Crippen LogP contribution in [0.5, 0.6) is 11.5 Å². The molecule has 1 heterocycles. The third kappa shape index (κ3) is 2.04. The van der Waals surface area contributed by atoms with E-state index in [9.17, 15) is 0 Å². The lowest BCUT2D eigenvalue weighted by atomic mass is 9.83. The van der Waals surface area contributed by atoms with E-state index in [-0.39, 0.29) is 18.2 Å². The van der Waals surface area contributed by atoms with Gasteiger partial charge in [-0.15, -0.1) is 0 Å². The number of ether oxygens (including phenoxy) is 2. The summed E-state index contributed by atoms with van der Waals surface area (Å²) in [6, 6.07) is 3.84. The average molecular weight is 286 g/mol. The maximum atomic E-state index is 6.24. The van der Waals surface area contributed by atoms with Crippen LogP contribution in [0.4, 0.5) is 0 Å². The molecule has 16 heavy (non-hydrogen) atoms. The Hall–Kier alpha value is -0.740. The summed E-state index contributed by atoms with van der Waals surface area (Å²) >= 11 is 3.53. The largest absolute Gasteiger partial charge is 0.454 e. The van der Waals surface area contributed by atoms with Gasteiger partial charge in [0.15, 0.2) is 11.5 Å². The van der Waals surface area contributed by atoms with Crippen molar-refractivity contribution in [3.63, 3.8) is 0 Å². The molecule has 0 spiro atoms. The number of benzene rings is 1. The minimum Gasteiger partial charge on any atom is -0.454 e. The van der Waals surface area contributed by atoms with Crippen LogP contribution in [0.3, 0.4) is 0 Å². The van der Waals surface area contributed by atoms with Gasteiger partial charge in [0, 0.05) is 10.5 Å². The van der Waals surface area contributed by atoms with Crippen LogP contribution in [0, 0.1) is 5.41 Å². The molecule has 0 saturated heterocycles. The van der Waals surface area contributed by atoms with Gasteiger partial charge < -0.3 is 15.2 Å². The molecular weight excluding hydrogens is 270 g/mol. The van der Waals surface area contributed by atoms with Gasteiger partial charge in [0.1, 0.15) is 0 Å². The van der Waals surface area contributed by atoms with Gasteiger partial charge in [-0.3, -0.25) is 0 Å². The fourth-order valence-electron chi connectivity index (χ4n) is 1.64. The zero-order valence-corrected chi connectivity index (χ0v) is 11.3. The van der Waals surface area contributed by atoms with Gasteiger partial charge >= 0.3 is 0 Å². The van der Waals surface area contributed by atoms with Crippen molar-refractivity contribution in [2.24, 2.45) is 11.1 Å². The number of nitrogens with two attached hydrogens (primary N) is 1. The Bertz CT molecular complexity index is 412. The van der Waals surface area contributed by atoms with Crippen LogP contribution in [-0.4, -0.2) is 6.79 Å². The van der Waals surface area contributed by atoms with Gasteiger partial charge in [-0.1, -0.05) is 36.7 Å². The van der Waals surface area contributed by atoms with Gasteiger partial charge in [0.25, 0.3) is 0 Å². The number of hydrogen-bond donors (Lipinski definition) is 1. The Kier molecular flexibility index (Phi) is 2.88. The Balaban J connectivity index is 2.42. The Morgan fingerprint density at radius 3 is 2.38 bits per heavy atom. The van der Waals surface area contributed by atoms with E-state index in [0.29, 0.717) is 0 Å². The third-order valence-corrected chi connectivity index (χ3v) is 3.45. The first-order valence-corrected chi connectivity index (χ1v) is 6.03. The minimum absolute atomic E-state index is 0.0101. The summed E-state index contributed by atoms with van der Waals surface area (Å²) in [6.45, 7) is 6.65. The van der Waals surface area contributed by atoms with Crippen LogP contribution in [0.2, 0.25) is 0 Å². The Labute approximate surface area is 104 Å². The molecular formula is C12H16BrNO2. The van der Waals surface area contributed by atoms with E-state index in [1.807, 2.05) is 12.1 Å². The van der Waals surface area contributed by atoms with Crippen LogP contribution in [-0.2, 0) is 0 Å². The number of rotatable bonds is 1. The number of halogens is 1.